The molecule has 8 nitrogen and oxygen atoms in total. The van der Waals surface area contributed by atoms with Gasteiger partial charge in [0.25, 0.3) is 0 Å². The molecule has 0 saturated carbocycles. The molecule has 156 valence electrons. The van der Waals surface area contributed by atoms with Crippen LogP contribution in [0, 0.1) is 11.7 Å². The lowest BCUT2D eigenvalue weighted by atomic mass is 10.1. The summed E-state index contributed by atoms with van der Waals surface area (Å²) in [6, 6.07) is 15.1. The number of hydrogen-bond acceptors (Lipinski definition) is 6. The summed E-state index contributed by atoms with van der Waals surface area (Å²) in [4.78, 5) is 21.0. The number of nitrogens with one attached hydrogen (secondary N) is 2. The Kier molecular flexibility index (Phi) is 6.13. The van der Waals surface area contributed by atoms with Crippen molar-refractivity contribution in [3.05, 3.63) is 83.0 Å². The van der Waals surface area contributed by atoms with Crippen LogP contribution < -0.4 is 10.1 Å². The number of nitrogens with zero attached hydrogens (tertiary/aromatic N) is 4. The van der Waals surface area contributed by atoms with Gasteiger partial charge in [0.05, 0.1) is 0 Å². The van der Waals surface area contributed by atoms with Gasteiger partial charge in [-0.1, -0.05) is 23.8 Å². The average Bonchev–Trinajstić information content (AvgIpc) is 3.14. The molecule has 0 saturated heterocycles. The first kappa shape index (κ1) is 20.4. The fourth-order valence-corrected chi connectivity index (χ4v) is 3.22. The summed E-state index contributed by atoms with van der Waals surface area (Å²) < 4.78 is 7.85. The fraction of sp³-hybridized carbons (Fsp3) is 0.136. The Morgan fingerprint density at radius 1 is 1.16 bits per heavy atom. The molecule has 0 aliphatic carbocycles. The second-order valence-corrected chi connectivity index (χ2v) is 7.24. The van der Waals surface area contributed by atoms with E-state index in [0.29, 0.717) is 28.8 Å². The van der Waals surface area contributed by atoms with E-state index in [4.69, 9.17) is 17.0 Å². The van der Waals surface area contributed by atoms with E-state index in [-0.39, 0.29) is 12.5 Å². The first-order chi connectivity index (χ1) is 15.1. The molecule has 1 aromatic carbocycles. The Morgan fingerprint density at radius 3 is 2.81 bits per heavy atom. The van der Waals surface area contributed by atoms with Crippen LogP contribution in [0.3, 0.4) is 0 Å². The number of carbonyl (C=O) groups is 1. The highest BCUT2D eigenvalue weighted by molar-refractivity contribution is 7.71. The van der Waals surface area contributed by atoms with Crippen LogP contribution in [0.1, 0.15) is 11.1 Å². The normalized spacial score (nSPS) is 10.6. The Bertz CT molecular complexity index is 1250. The average molecular weight is 433 g/mol. The highest BCUT2D eigenvalue weighted by Crippen LogP contribution is 2.23. The van der Waals surface area contributed by atoms with Crippen LogP contribution in [-0.2, 0) is 17.9 Å². The summed E-state index contributed by atoms with van der Waals surface area (Å²) in [5.74, 6) is 1.12. The molecular weight excluding hydrogens is 412 g/mol. The summed E-state index contributed by atoms with van der Waals surface area (Å²) in [7, 11) is 0. The molecule has 4 rings (SSSR count). The molecule has 31 heavy (non-hydrogen) atoms. The van der Waals surface area contributed by atoms with Gasteiger partial charge in [-0.25, -0.2) is 4.98 Å². The Morgan fingerprint density at radius 2 is 2.00 bits per heavy atom. The van der Waals surface area contributed by atoms with E-state index >= 15 is 0 Å². The van der Waals surface area contributed by atoms with Gasteiger partial charge in [0.15, 0.2) is 22.2 Å². The number of rotatable bonds is 7. The molecule has 0 aliphatic rings. The highest BCUT2D eigenvalue weighted by atomic mass is 32.1. The zero-order valence-corrected chi connectivity index (χ0v) is 17.6. The monoisotopic (exact) mass is 432 g/mol. The number of anilines is 1. The van der Waals surface area contributed by atoms with Crippen LogP contribution >= 0.6 is 12.2 Å². The summed E-state index contributed by atoms with van der Waals surface area (Å²) >= 11 is 5.33. The van der Waals surface area contributed by atoms with Crippen LogP contribution in [-0.4, -0.2) is 30.6 Å². The van der Waals surface area contributed by atoms with Crippen molar-refractivity contribution >= 4 is 23.9 Å². The fourth-order valence-electron chi connectivity index (χ4n) is 3.03. The molecule has 9 heteroatoms. The van der Waals surface area contributed by atoms with Gasteiger partial charge in [-0.05, 0) is 55.0 Å². The molecule has 1 amide bonds. The number of benzene rings is 1. The van der Waals surface area contributed by atoms with Gasteiger partial charge in [-0.15, -0.1) is 0 Å². The van der Waals surface area contributed by atoms with Crippen molar-refractivity contribution in [2.45, 2.75) is 20.1 Å². The second-order valence-electron chi connectivity index (χ2n) is 6.85. The standard InChI is InChI=1S/C22H20N6O2S/c1-15-4-2-5-17(12-15)21-26-27-22(31)28(21)13-19(29)25-20-18(6-3-9-24-20)30-14-16-7-10-23-11-8-16/h2-12H,13-14H2,1H3,(H,27,31)(H,24,25,29). The van der Waals surface area contributed by atoms with E-state index in [2.05, 4.69) is 25.5 Å². The van der Waals surface area contributed by atoms with Gasteiger partial charge in [0.1, 0.15) is 13.2 Å². The van der Waals surface area contributed by atoms with E-state index in [1.54, 1.807) is 35.3 Å². The lowest BCUT2D eigenvalue weighted by Gasteiger charge is -2.12. The highest BCUT2D eigenvalue weighted by Gasteiger charge is 2.15. The number of amides is 1. The smallest absolute Gasteiger partial charge is 0.245 e. The van der Waals surface area contributed by atoms with Gasteiger partial charge < -0.3 is 10.1 Å². The maximum atomic E-state index is 12.8. The third-order valence-corrected chi connectivity index (χ3v) is 4.82. The number of H-pyrrole nitrogens is 1. The van der Waals surface area contributed by atoms with Gasteiger partial charge in [-0.3, -0.25) is 19.4 Å². The van der Waals surface area contributed by atoms with E-state index in [1.807, 2.05) is 43.3 Å². The first-order valence-electron chi connectivity index (χ1n) is 9.59. The molecule has 2 N–H and O–H groups in total. The minimum absolute atomic E-state index is 0.0149. The summed E-state index contributed by atoms with van der Waals surface area (Å²) in [6.07, 6.45) is 4.99. The van der Waals surface area contributed by atoms with Crippen LogP contribution in [0.15, 0.2) is 67.1 Å². The van der Waals surface area contributed by atoms with Crippen molar-refractivity contribution in [3.63, 3.8) is 0 Å². The minimum Gasteiger partial charge on any atom is -0.485 e. The van der Waals surface area contributed by atoms with Crippen molar-refractivity contribution in [1.29, 1.82) is 0 Å². The van der Waals surface area contributed by atoms with E-state index < -0.39 is 0 Å². The Balaban J connectivity index is 1.49. The zero-order valence-electron chi connectivity index (χ0n) is 16.8. The van der Waals surface area contributed by atoms with Crippen LogP contribution in [0.25, 0.3) is 11.4 Å². The van der Waals surface area contributed by atoms with Gasteiger partial charge in [0.2, 0.25) is 5.91 Å². The molecule has 0 unspecified atom stereocenters. The zero-order chi connectivity index (χ0) is 21.6. The topological polar surface area (TPSA) is 97.7 Å². The second kappa shape index (κ2) is 9.31. The SMILES string of the molecule is Cc1cccc(-c2n[nH]c(=S)n2CC(=O)Nc2ncccc2OCc2ccncc2)c1. The number of carbonyl (C=O) groups excluding carboxylic acids is 1. The van der Waals surface area contributed by atoms with Crippen molar-refractivity contribution < 1.29 is 9.53 Å². The maximum Gasteiger partial charge on any atom is 0.245 e. The number of ether oxygens (including phenoxy) is 1. The molecule has 4 aromatic rings. The quantitative estimate of drug-likeness (QED) is 0.430. The van der Waals surface area contributed by atoms with Crippen LogP contribution in [0.4, 0.5) is 5.82 Å². The molecule has 0 aliphatic heterocycles. The van der Waals surface area contributed by atoms with Crippen molar-refractivity contribution in [1.82, 2.24) is 24.7 Å². The number of hydrogen-bond donors (Lipinski definition) is 2. The molecule has 0 fully saturated rings. The van der Waals surface area contributed by atoms with E-state index in [9.17, 15) is 4.79 Å². The van der Waals surface area contributed by atoms with Crippen molar-refractivity contribution in [2.24, 2.45) is 0 Å². The lowest BCUT2D eigenvalue weighted by Crippen LogP contribution is -2.20. The number of aryl methyl sites for hydroxylation is 1. The predicted octanol–water partition coefficient (Wildman–Crippen LogP) is 3.92. The molecular formula is C22H20N6O2S. The number of pyridine rings is 2. The Hall–Kier alpha value is -3.85. The summed E-state index contributed by atoms with van der Waals surface area (Å²) in [6.45, 7) is 2.32. The first-order valence-corrected chi connectivity index (χ1v) is 10.00. The van der Waals surface area contributed by atoms with Crippen molar-refractivity contribution in [3.8, 4) is 17.1 Å². The number of aromatic nitrogens is 5. The summed E-state index contributed by atoms with van der Waals surface area (Å²) in [5, 5.41) is 9.86. The maximum absolute atomic E-state index is 12.8. The van der Waals surface area contributed by atoms with Crippen LogP contribution in [0.2, 0.25) is 0 Å². The molecule has 3 aromatic heterocycles. The molecule has 0 spiro atoms. The largest absolute Gasteiger partial charge is 0.485 e. The van der Waals surface area contributed by atoms with E-state index in [0.717, 1.165) is 16.7 Å². The van der Waals surface area contributed by atoms with Crippen molar-refractivity contribution in [2.75, 3.05) is 5.32 Å². The minimum atomic E-state index is -0.293. The van der Waals surface area contributed by atoms with E-state index in [1.165, 1.54) is 0 Å². The summed E-state index contributed by atoms with van der Waals surface area (Å²) in [5.41, 5.74) is 2.93. The van der Waals surface area contributed by atoms with Gasteiger partial charge in [0, 0.05) is 24.2 Å². The van der Waals surface area contributed by atoms with Gasteiger partial charge in [-0.2, -0.15) is 5.10 Å². The van der Waals surface area contributed by atoms with Gasteiger partial charge >= 0.3 is 0 Å². The van der Waals surface area contributed by atoms with Crippen LogP contribution in [0.5, 0.6) is 5.75 Å². The number of aromatic amines is 1. The predicted molar refractivity (Wildman–Crippen MR) is 119 cm³/mol. The lowest BCUT2D eigenvalue weighted by molar-refractivity contribution is -0.116. The molecule has 0 bridgehead atoms. The third kappa shape index (κ3) is 5.01. The Labute approximate surface area is 184 Å². The molecule has 0 atom stereocenters. The molecule has 0 radical (unpaired) electrons. The molecule has 3 heterocycles. The third-order valence-electron chi connectivity index (χ3n) is 4.51.